The van der Waals surface area contributed by atoms with E-state index in [-0.39, 0.29) is 6.04 Å². The van der Waals surface area contributed by atoms with E-state index in [1.165, 1.54) is 0 Å². The highest BCUT2D eigenvalue weighted by Crippen LogP contribution is 2.39. The lowest BCUT2D eigenvalue weighted by molar-refractivity contribution is 0.100. The summed E-state index contributed by atoms with van der Waals surface area (Å²) in [6.07, 6.45) is 4.00. The van der Waals surface area contributed by atoms with Gasteiger partial charge in [-0.3, -0.25) is 9.78 Å². The Morgan fingerprint density at radius 1 is 0.895 bits per heavy atom. The van der Waals surface area contributed by atoms with Gasteiger partial charge in [0.1, 0.15) is 11.8 Å². The van der Waals surface area contributed by atoms with Gasteiger partial charge in [-0.15, -0.1) is 0 Å². The number of hydrogen-bond donors (Lipinski definition) is 1. The number of nitrogens with two attached hydrogens (primary N) is 1. The minimum atomic E-state index is -0.442. The monoisotopic (exact) mass is 498 g/mol. The SMILES string of the molecule is Cc1noc(C)c1-c1ccc2c(-c3ccc(C(N)=O)cc3)cn([C@H](c3ccccc3)c3ccccn3)c2c1. The van der Waals surface area contributed by atoms with Gasteiger partial charge in [-0.05, 0) is 60.9 Å². The molecule has 2 N–H and O–H groups in total. The van der Waals surface area contributed by atoms with E-state index < -0.39 is 5.91 Å². The molecule has 0 aliphatic rings. The molecule has 0 bridgehead atoms. The van der Waals surface area contributed by atoms with Crippen LogP contribution in [-0.4, -0.2) is 20.6 Å². The second-order valence-electron chi connectivity index (χ2n) is 9.39. The fraction of sp³-hybridized carbons (Fsp3) is 0.0938. The Balaban J connectivity index is 1.63. The van der Waals surface area contributed by atoms with Crippen molar-refractivity contribution in [1.82, 2.24) is 14.7 Å². The zero-order valence-electron chi connectivity index (χ0n) is 21.1. The second-order valence-corrected chi connectivity index (χ2v) is 9.39. The van der Waals surface area contributed by atoms with Gasteiger partial charge in [-0.2, -0.15) is 0 Å². The molecule has 6 heteroatoms. The minimum Gasteiger partial charge on any atom is -0.366 e. The highest BCUT2D eigenvalue weighted by Gasteiger charge is 2.23. The van der Waals surface area contributed by atoms with Crippen molar-refractivity contribution in [3.8, 4) is 22.3 Å². The first kappa shape index (κ1) is 23.4. The summed E-state index contributed by atoms with van der Waals surface area (Å²) < 4.78 is 7.76. The second kappa shape index (κ2) is 9.48. The van der Waals surface area contributed by atoms with Crippen LogP contribution in [0, 0.1) is 13.8 Å². The summed E-state index contributed by atoms with van der Waals surface area (Å²) in [4.78, 5) is 16.4. The number of aromatic nitrogens is 3. The maximum absolute atomic E-state index is 11.7. The Morgan fingerprint density at radius 2 is 1.63 bits per heavy atom. The van der Waals surface area contributed by atoms with Crippen molar-refractivity contribution in [2.75, 3.05) is 0 Å². The van der Waals surface area contributed by atoms with Crippen LogP contribution in [0.15, 0.2) is 108 Å². The number of amides is 1. The lowest BCUT2D eigenvalue weighted by Crippen LogP contribution is -2.12. The van der Waals surface area contributed by atoms with Crippen LogP contribution >= 0.6 is 0 Å². The van der Waals surface area contributed by atoms with Crippen LogP contribution in [0.1, 0.15) is 39.1 Å². The Labute approximate surface area is 220 Å². The van der Waals surface area contributed by atoms with Crippen molar-refractivity contribution >= 4 is 16.8 Å². The molecule has 6 nitrogen and oxygen atoms in total. The number of carbonyl (C=O) groups is 1. The molecular weight excluding hydrogens is 472 g/mol. The summed E-state index contributed by atoms with van der Waals surface area (Å²) in [6.45, 7) is 3.90. The number of benzene rings is 3. The summed E-state index contributed by atoms with van der Waals surface area (Å²) >= 11 is 0. The van der Waals surface area contributed by atoms with Crippen LogP contribution in [0.25, 0.3) is 33.2 Å². The third kappa shape index (κ3) is 4.06. The molecule has 0 aliphatic carbocycles. The van der Waals surface area contributed by atoms with Gasteiger partial charge in [0.2, 0.25) is 5.91 Å². The summed E-state index contributed by atoms with van der Waals surface area (Å²) in [7, 11) is 0. The van der Waals surface area contributed by atoms with E-state index in [9.17, 15) is 4.79 Å². The van der Waals surface area contributed by atoms with Crippen LogP contribution in [0.5, 0.6) is 0 Å². The quantitative estimate of drug-likeness (QED) is 0.276. The molecule has 0 radical (unpaired) electrons. The standard InChI is InChI=1S/C32H26N4O2/c1-20-30(21(2)38-35-20)25-15-16-26-27(22-11-13-24(14-12-22)32(33)37)19-36(29(26)18-25)31(23-8-4-3-5-9-23)28-10-6-7-17-34-28/h3-19,31H,1-2H3,(H2,33,37)/t31-/m1/s1. The first-order valence-corrected chi connectivity index (χ1v) is 12.4. The summed E-state index contributed by atoms with van der Waals surface area (Å²) in [5.74, 6) is 0.342. The maximum Gasteiger partial charge on any atom is 0.248 e. The van der Waals surface area contributed by atoms with Gasteiger partial charge in [0, 0.05) is 34.5 Å². The predicted molar refractivity (Wildman–Crippen MR) is 149 cm³/mol. The van der Waals surface area contributed by atoms with E-state index in [1.54, 1.807) is 12.1 Å². The lowest BCUT2D eigenvalue weighted by atomic mass is 9.99. The molecular formula is C32H26N4O2. The van der Waals surface area contributed by atoms with Crippen LogP contribution in [-0.2, 0) is 0 Å². The third-order valence-corrected chi connectivity index (χ3v) is 7.00. The molecule has 1 atom stereocenters. The predicted octanol–water partition coefficient (Wildman–Crippen LogP) is 6.71. The van der Waals surface area contributed by atoms with Crippen molar-refractivity contribution in [3.05, 3.63) is 132 Å². The Hall–Kier alpha value is -4.97. The van der Waals surface area contributed by atoms with E-state index >= 15 is 0 Å². The largest absolute Gasteiger partial charge is 0.366 e. The van der Waals surface area contributed by atoms with Gasteiger partial charge in [-0.25, -0.2) is 0 Å². The van der Waals surface area contributed by atoms with Gasteiger partial charge in [-0.1, -0.05) is 65.8 Å². The van der Waals surface area contributed by atoms with Crippen LogP contribution in [0.4, 0.5) is 0 Å². The molecule has 6 aromatic rings. The number of fused-ring (bicyclic) bond motifs is 1. The number of pyridine rings is 1. The zero-order chi connectivity index (χ0) is 26.2. The van der Waals surface area contributed by atoms with Crippen molar-refractivity contribution in [1.29, 1.82) is 0 Å². The summed E-state index contributed by atoms with van der Waals surface area (Å²) in [6, 6.07) is 30.1. The molecule has 0 spiro atoms. The van der Waals surface area contributed by atoms with Gasteiger partial charge in [0.05, 0.1) is 16.9 Å². The van der Waals surface area contributed by atoms with E-state index in [2.05, 4.69) is 64.5 Å². The minimum absolute atomic E-state index is 0.154. The number of carbonyl (C=O) groups excluding carboxylic acids is 1. The van der Waals surface area contributed by atoms with Crippen LogP contribution in [0.2, 0.25) is 0 Å². The number of rotatable bonds is 6. The normalized spacial score (nSPS) is 12.1. The zero-order valence-corrected chi connectivity index (χ0v) is 21.1. The third-order valence-electron chi connectivity index (χ3n) is 7.00. The van der Waals surface area contributed by atoms with Crippen LogP contribution < -0.4 is 5.73 Å². The van der Waals surface area contributed by atoms with Gasteiger partial charge < -0.3 is 14.8 Å². The topological polar surface area (TPSA) is 86.9 Å². The Morgan fingerprint density at radius 3 is 2.29 bits per heavy atom. The average molecular weight is 499 g/mol. The number of primary amides is 1. The molecule has 38 heavy (non-hydrogen) atoms. The first-order valence-electron chi connectivity index (χ1n) is 12.4. The molecule has 3 aromatic heterocycles. The molecule has 3 aromatic carbocycles. The van der Waals surface area contributed by atoms with Crippen molar-refractivity contribution in [2.24, 2.45) is 5.73 Å². The van der Waals surface area contributed by atoms with E-state index in [1.807, 2.05) is 50.4 Å². The van der Waals surface area contributed by atoms with Crippen molar-refractivity contribution in [2.45, 2.75) is 19.9 Å². The number of hydrogen-bond acceptors (Lipinski definition) is 4. The molecule has 0 saturated carbocycles. The highest BCUT2D eigenvalue weighted by molar-refractivity contribution is 5.99. The van der Waals surface area contributed by atoms with Gasteiger partial charge in [0.15, 0.2) is 0 Å². The molecule has 3 heterocycles. The summed E-state index contributed by atoms with van der Waals surface area (Å²) in [5.41, 5.74) is 14.0. The average Bonchev–Trinajstić information content (AvgIpc) is 3.49. The molecule has 0 saturated heterocycles. The van der Waals surface area contributed by atoms with E-state index in [4.69, 9.17) is 15.2 Å². The molecule has 0 fully saturated rings. The summed E-state index contributed by atoms with van der Waals surface area (Å²) in [5, 5.41) is 5.26. The molecule has 1 amide bonds. The first-order chi connectivity index (χ1) is 18.5. The lowest BCUT2D eigenvalue weighted by Gasteiger charge is -2.21. The molecule has 6 rings (SSSR count). The van der Waals surface area contributed by atoms with Crippen LogP contribution in [0.3, 0.4) is 0 Å². The highest BCUT2D eigenvalue weighted by atomic mass is 16.5. The molecule has 186 valence electrons. The smallest absolute Gasteiger partial charge is 0.248 e. The van der Waals surface area contributed by atoms with Gasteiger partial charge >= 0.3 is 0 Å². The fourth-order valence-corrected chi connectivity index (χ4v) is 5.21. The van der Waals surface area contributed by atoms with E-state index in [0.717, 1.165) is 55.9 Å². The van der Waals surface area contributed by atoms with Crippen molar-refractivity contribution in [3.63, 3.8) is 0 Å². The fourth-order valence-electron chi connectivity index (χ4n) is 5.21. The van der Waals surface area contributed by atoms with Crippen molar-refractivity contribution < 1.29 is 9.32 Å². The molecule has 0 unspecified atom stereocenters. The molecule has 0 aliphatic heterocycles. The number of aryl methyl sites for hydroxylation is 2. The Bertz CT molecular complexity index is 1690. The Kier molecular flexibility index (Phi) is 5.85. The van der Waals surface area contributed by atoms with Gasteiger partial charge in [0.25, 0.3) is 0 Å². The van der Waals surface area contributed by atoms with E-state index in [0.29, 0.717) is 5.56 Å². The number of nitrogens with zero attached hydrogens (tertiary/aromatic N) is 3. The maximum atomic E-state index is 11.7.